The van der Waals surface area contributed by atoms with Crippen molar-refractivity contribution in [1.29, 1.82) is 0 Å². The Morgan fingerprint density at radius 2 is 1.57 bits per heavy atom. The van der Waals surface area contributed by atoms with Gasteiger partial charge in [0.2, 0.25) is 0 Å². The summed E-state index contributed by atoms with van der Waals surface area (Å²) in [5.74, 6) is 0.810. The van der Waals surface area contributed by atoms with Gasteiger partial charge in [-0.05, 0) is 54.1 Å². The fourth-order valence-corrected chi connectivity index (χ4v) is 6.01. The molecule has 2 aliphatic carbocycles. The molecule has 0 bridgehead atoms. The number of pyridine rings is 1. The molecule has 6 rings (SSSR count). The van der Waals surface area contributed by atoms with E-state index in [1.807, 2.05) is 0 Å². The van der Waals surface area contributed by atoms with Gasteiger partial charge in [-0.25, -0.2) is 0 Å². The summed E-state index contributed by atoms with van der Waals surface area (Å²) in [4.78, 5) is 4.85. The van der Waals surface area contributed by atoms with Gasteiger partial charge >= 0.3 is 0 Å². The molecule has 4 aromatic rings. The Morgan fingerprint density at radius 3 is 2.40 bits per heavy atom. The van der Waals surface area contributed by atoms with Crippen LogP contribution in [0.1, 0.15) is 49.7 Å². The summed E-state index contributed by atoms with van der Waals surface area (Å²) >= 11 is 0. The van der Waals surface area contributed by atoms with Gasteiger partial charge in [0.05, 0.1) is 17.7 Å². The third-order valence-electron chi connectivity index (χ3n) is 7.61. The first-order chi connectivity index (χ1) is 16.5. The molecule has 185 valence electrons. The minimum absolute atomic E-state index is 0. The molecular weight excluding hydrogens is 611 g/mol. The van der Waals surface area contributed by atoms with Gasteiger partial charge < -0.3 is 10.2 Å². The van der Waals surface area contributed by atoms with E-state index >= 15 is 0 Å². The minimum Gasteiger partial charge on any atom is -0.393 e. The molecule has 2 fully saturated rings. The maximum atomic E-state index is 9.77. The third kappa shape index (κ3) is 5.67. The van der Waals surface area contributed by atoms with Crippen LogP contribution in [0.15, 0.2) is 60.7 Å². The van der Waals surface area contributed by atoms with Crippen molar-refractivity contribution in [3.63, 3.8) is 0 Å². The van der Waals surface area contributed by atoms with Crippen molar-refractivity contribution in [2.24, 2.45) is 11.8 Å². The second-order valence-corrected chi connectivity index (χ2v) is 10.1. The smallest absolute Gasteiger partial charge is 0.0601 e. The molecule has 4 atom stereocenters. The van der Waals surface area contributed by atoms with E-state index in [-0.39, 0.29) is 38.2 Å². The van der Waals surface area contributed by atoms with Crippen LogP contribution in [0.2, 0.25) is 0 Å². The predicted octanol–water partition coefficient (Wildman–Crippen LogP) is 6.78. The van der Waals surface area contributed by atoms with Crippen LogP contribution in [0, 0.1) is 31.7 Å². The zero-order chi connectivity index (χ0) is 23.7. The number of rotatable bonds is 1. The van der Waals surface area contributed by atoms with Crippen molar-refractivity contribution in [3.8, 4) is 11.3 Å². The predicted molar refractivity (Wildman–Crippen MR) is 140 cm³/mol. The van der Waals surface area contributed by atoms with Gasteiger partial charge in [0.15, 0.2) is 0 Å². The number of benzene rings is 3. The summed E-state index contributed by atoms with van der Waals surface area (Å²) in [6.07, 6.45) is 6.09. The Morgan fingerprint density at radius 1 is 0.800 bits per heavy atom. The molecular formula is C31H34IrNO2-. The van der Waals surface area contributed by atoms with Gasteiger partial charge in [-0.15, -0.1) is 34.9 Å². The van der Waals surface area contributed by atoms with Gasteiger partial charge in [-0.1, -0.05) is 69.2 Å². The normalized spacial score (nSPS) is 23.7. The van der Waals surface area contributed by atoms with Crippen LogP contribution in [-0.4, -0.2) is 27.4 Å². The van der Waals surface area contributed by atoms with Crippen LogP contribution in [0.3, 0.4) is 0 Å². The molecule has 2 saturated carbocycles. The molecule has 0 saturated heterocycles. The summed E-state index contributed by atoms with van der Waals surface area (Å²) in [5.41, 5.74) is 5.47. The number of aliphatic hydroxyl groups is 2. The second-order valence-electron chi connectivity index (χ2n) is 10.1. The van der Waals surface area contributed by atoms with Crippen LogP contribution >= 0.6 is 0 Å². The van der Waals surface area contributed by atoms with Gasteiger partial charge in [-0.3, -0.25) is 4.98 Å². The molecule has 0 spiro atoms. The van der Waals surface area contributed by atoms with Gasteiger partial charge in [0.1, 0.15) is 0 Å². The molecule has 3 nitrogen and oxygen atoms in total. The summed E-state index contributed by atoms with van der Waals surface area (Å²) in [5, 5.41) is 23.1. The molecule has 0 amide bonds. The minimum atomic E-state index is -0.227. The molecule has 3 aromatic carbocycles. The molecule has 1 heterocycles. The van der Waals surface area contributed by atoms with E-state index in [4.69, 9.17) is 4.98 Å². The molecule has 0 aliphatic heterocycles. The Hall–Kier alpha value is -2.10. The van der Waals surface area contributed by atoms with E-state index in [2.05, 4.69) is 80.6 Å². The van der Waals surface area contributed by atoms with E-state index in [1.54, 1.807) is 0 Å². The number of hydrogen-bond donors (Lipinski definition) is 2. The molecule has 4 unspecified atom stereocenters. The SMILES string of the molecule is Cc1[c-]c(-c2ccc3c(ccc4ccccc43)n2)cc(C)c1.OC1CCCCC2CCC(O)C12.[Ir]. The largest absolute Gasteiger partial charge is 0.393 e. The Kier molecular flexibility index (Phi) is 8.39. The number of fused-ring (bicyclic) bond motifs is 4. The summed E-state index contributed by atoms with van der Waals surface area (Å²) in [6.45, 7) is 4.18. The average molecular weight is 645 g/mol. The fraction of sp³-hybridized carbons (Fsp3) is 0.387. The Balaban J connectivity index is 0.000000189. The van der Waals surface area contributed by atoms with E-state index in [0.29, 0.717) is 5.92 Å². The molecule has 35 heavy (non-hydrogen) atoms. The first-order valence-electron chi connectivity index (χ1n) is 12.7. The number of aliphatic hydroxyl groups excluding tert-OH is 2. The van der Waals surface area contributed by atoms with E-state index < -0.39 is 0 Å². The van der Waals surface area contributed by atoms with Gasteiger partial charge in [0.25, 0.3) is 0 Å². The molecule has 1 radical (unpaired) electrons. The van der Waals surface area contributed by atoms with E-state index in [0.717, 1.165) is 48.0 Å². The summed E-state index contributed by atoms with van der Waals surface area (Å²) in [6, 6.07) is 24.6. The van der Waals surface area contributed by atoms with Gasteiger partial charge in [0, 0.05) is 31.4 Å². The van der Waals surface area contributed by atoms with Crippen molar-refractivity contribution in [1.82, 2.24) is 4.98 Å². The van der Waals surface area contributed by atoms with Crippen LogP contribution in [0.5, 0.6) is 0 Å². The molecule has 2 N–H and O–H groups in total. The third-order valence-corrected chi connectivity index (χ3v) is 7.61. The number of aryl methyl sites for hydroxylation is 2. The monoisotopic (exact) mass is 645 g/mol. The zero-order valence-corrected chi connectivity index (χ0v) is 22.9. The van der Waals surface area contributed by atoms with E-state index in [1.165, 1.54) is 34.6 Å². The number of hydrogen-bond acceptors (Lipinski definition) is 3. The van der Waals surface area contributed by atoms with Crippen LogP contribution in [0.25, 0.3) is 32.9 Å². The maximum absolute atomic E-state index is 9.77. The number of nitrogens with zero attached hydrogens (tertiary/aromatic N) is 1. The maximum Gasteiger partial charge on any atom is 0.0601 e. The fourth-order valence-electron chi connectivity index (χ4n) is 6.01. The van der Waals surface area contributed by atoms with Crippen LogP contribution in [-0.2, 0) is 20.1 Å². The Labute approximate surface area is 222 Å². The average Bonchev–Trinajstić information content (AvgIpc) is 3.10. The van der Waals surface area contributed by atoms with Crippen LogP contribution < -0.4 is 0 Å². The first-order valence-corrected chi connectivity index (χ1v) is 12.7. The van der Waals surface area contributed by atoms with Crippen molar-refractivity contribution in [3.05, 3.63) is 77.9 Å². The Bertz CT molecular complexity index is 1280. The van der Waals surface area contributed by atoms with Crippen LogP contribution in [0.4, 0.5) is 0 Å². The van der Waals surface area contributed by atoms with Gasteiger partial charge in [-0.2, -0.15) is 0 Å². The first kappa shape index (κ1) is 26.0. The topological polar surface area (TPSA) is 53.4 Å². The zero-order valence-electron chi connectivity index (χ0n) is 20.5. The standard InChI is InChI=1S/C21H16N.C10H18O2.Ir/c1-14-11-15(2)13-17(12-14)20-10-8-19-18-6-4-3-5-16(18)7-9-21(19)22-20;11-8-4-2-1-3-7-5-6-9(12)10(7)8;/h3-12H,1-2H3;7-12H,1-6H2;/q-1;;. The molecule has 2 aliphatic rings. The molecule has 1 aromatic heterocycles. The van der Waals surface area contributed by atoms with Crippen molar-refractivity contribution >= 4 is 21.7 Å². The van der Waals surface area contributed by atoms with Crippen molar-refractivity contribution in [2.45, 2.75) is 64.6 Å². The summed E-state index contributed by atoms with van der Waals surface area (Å²) < 4.78 is 0. The number of aromatic nitrogens is 1. The molecule has 4 heteroatoms. The van der Waals surface area contributed by atoms with E-state index in [9.17, 15) is 10.2 Å². The second kappa shape index (κ2) is 11.3. The quantitative estimate of drug-likeness (QED) is 0.178. The summed E-state index contributed by atoms with van der Waals surface area (Å²) in [7, 11) is 0. The van der Waals surface area contributed by atoms with Crippen molar-refractivity contribution in [2.75, 3.05) is 0 Å². The van der Waals surface area contributed by atoms with Crippen molar-refractivity contribution < 1.29 is 30.3 Å².